The lowest BCUT2D eigenvalue weighted by Gasteiger charge is -2.06. The van der Waals surface area contributed by atoms with Crippen molar-refractivity contribution >= 4 is 12.0 Å². The van der Waals surface area contributed by atoms with Crippen molar-refractivity contribution in [2.45, 2.75) is 20.3 Å². The van der Waals surface area contributed by atoms with Crippen LogP contribution in [0.25, 0.3) is 6.08 Å². The van der Waals surface area contributed by atoms with Crippen LogP contribution in [0.2, 0.25) is 0 Å². The molecule has 2 rings (SSSR count). The molecule has 0 radical (unpaired) electrons. The third kappa shape index (κ3) is 4.07. The Bertz CT molecular complexity index is 745. The van der Waals surface area contributed by atoms with Gasteiger partial charge in [0.2, 0.25) is 0 Å². The zero-order valence-electron chi connectivity index (χ0n) is 12.8. The summed E-state index contributed by atoms with van der Waals surface area (Å²) < 4.78 is 0. The summed E-state index contributed by atoms with van der Waals surface area (Å²) in [5.74, 6) is -0.707. The molecule has 0 heterocycles. The number of aryl methyl sites for hydroxylation is 2. The zero-order valence-corrected chi connectivity index (χ0v) is 12.8. The van der Waals surface area contributed by atoms with Crippen LogP contribution >= 0.6 is 0 Å². The summed E-state index contributed by atoms with van der Waals surface area (Å²) in [6.45, 7) is 4.19. The minimum Gasteiger partial charge on any atom is -0.365 e. The lowest BCUT2D eigenvalue weighted by Crippen LogP contribution is -2.12. The molecule has 110 valence electrons. The fraction of sp³-hybridized carbons (Fsp3) is 0.158. The highest BCUT2D eigenvalue weighted by molar-refractivity contribution is 6.00. The third-order valence-corrected chi connectivity index (χ3v) is 3.37. The maximum absolute atomic E-state index is 11.0. The standard InChI is InChI=1S/C19H18N2O/c1-13-7-14(2)9-17(8-13)10-15-3-5-16(6-4-15)11-18(12-20)19(21)22/h3-9,11H,10H2,1-2H3,(H2,21,22)/b18-11+. The summed E-state index contributed by atoms with van der Waals surface area (Å²) >= 11 is 0. The normalized spacial score (nSPS) is 11.0. The molecule has 1 amide bonds. The van der Waals surface area contributed by atoms with Crippen LogP contribution in [0.15, 0.2) is 48.0 Å². The Morgan fingerprint density at radius 3 is 2.18 bits per heavy atom. The number of rotatable bonds is 4. The number of nitriles is 1. The molecule has 2 aromatic rings. The summed E-state index contributed by atoms with van der Waals surface area (Å²) in [5.41, 5.74) is 10.8. The van der Waals surface area contributed by atoms with Crippen LogP contribution in [0, 0.1) is 25.2 Å². The van der Waals surface area contributed by atoms with Gasteiger partial charge in [-0.1, -0.05) is 53.6 Å². The van der Waals surface area contributed by atoms with Crippen molar-refractivity contribution < 1.29 is 4.79 Å². The van der Waals surface area contributed by atoms with E-state index in [1.165, 1.54) is 28.3 Å². The van der Waals surface area contributed by atoms with Crippen LogP contribution in [0.4, 0.5) is 0 Å². The topological polar surface area (TPSA) is 66.9 Å². The molecule has 0 saturated carbocycles. The smallest absolute Gasteiger partial charge is 0.259 e. The molecular weight excluding hydrogens is 272 g/mol. The first-order valence-corrected chi connectivity index (χ1v) is 7.05. The maximum atomic E-state index is 11.0. The van der Waals surface area contributed by atoms with Gasteiger partial charge in [0.25, 0.3) is 5.91 Å². The van der Waals surface area contributed by atoms with Crippen LogP contribution in [0.5, 0.6) is 0 Å². The number of nitrogens with two attached hydrogens (primary N) is 1. The minimum atomic E-state index is -0.707. The molecule has 0 unspecified atom stereocenters. The van der Waals surface area contributed by atoms with E-state index in [2.05, 4.69) is 32.0 Å². The van der Waals surface area contributed by atoms with Crippen LogP contribution < -0.4 is 5.73 Å². The Hall–Kier alpha value is -2.86. The van der Waals surface area contributed by atoms with Crippen LogP contribution in [-0.2, 0) is 11.2 Å². The molecule has 0 saturated heterocycles. The molecule has 22 heavy (non-hydrogen) atoms. The van der Waals surface area contributed by atoms with Crippen LogP contribution in [0.3, 0.4) is 0 Å². The number of carbonyl (C=O) groups is 1. The van der Waals surface area contributed by atoms with E-state index in [0.717, 1.165) is 12.0 Å². The van der Waals surface area contributed by atoms with Crippen molar-refractivity contribution in [3.8, 4) is 6.07 Å². The fourth-order valence-electron chi connectivity index (χ4n) is 2.46. The average Bonchev–Trinajstić information content (AvgIpc) is 2.45. The first-order chi connectivity index (χ1) is 10.5. The van der Waals surface area contributed by atoms with Crippen LogP contribution in [-0.4, -0.2) is 5.91 Å². The second-order valence-corrected chi connectivity index (χ2v) is 5.45. The van der Waals surface area contributed by atoms with Gasteiger partial charge in [-0.05, 0) is 43.0 Å². The Kier molecular flexibility index (Phi) is 4.75. The van der Waals surface area contributed by atoms with E-state index in [4.69, 9.17) is 11.0 Å². The van der Waals surface area contributed by atoms with Crippen molar-refractivity contribution in [3.05, 3.63) is 75.9 Å². The number of hydrogen-bond acceptors (Lipinski definition) is 2. The number of nitrogens with zero attached hydrogens (tertiary/aromatic N) is 1. The van der Waals surface area contributed by atoms with Gasteiger partial charge in [0.15, 0.2) is 0 Å². The van der Waals surface area contributed by atoms with Crippen molar-refractivity contribution in [1.29, 1.82) is 5.26 Å². The molecule has 0 spiro atoms. The quantitative estimate of drug-likeness (QED) is 0.693. The minimum absolute atomic E-state index is 0.0398. The molecule has 0 aliphatic rings. The van der Waals surface area contributed by atoms with Crippen molar-refractivity contribution in [3.63, 3.8) is 0 Å². The highest BCUT2D eigenvalue weighted by Gasteiger charge is 2.03. The number of carbonyl (C=O) groups excluding carboxylic acids is 1. The van der Waals surface area contributed by atoms with Crippen LogP contribution in [0.1, 0.15) is 27.8 Å². The van der Waals surface area contributed by atoms with Gasteiger partial charge in [0.1, 0.15) is 11.6 Å². The number of primary amides is 1. The van der Waals surface area contributed by atoms with Crippen molar-refractivity contribution in [2.24, 2.45) is 5.73 Å². The average molecular weight is 290 g/mol. The third-order valence-electron chi connectivity index (χ3n) is 3.37. The van der Waals surface area contributed by atoms with Crippen molar-refractivity contribution in [1.82, 2.24) is 0 Å². The zero-order chi connectivity index (χ0) is 16.1. The second-order valence-electron chi connectivity index (χ2n) is 5.45. The molecular formula is C19H18N2O. The SMILES string of the molecule is Cc1cc(C)cc(Cc2ccc(/C=C(\C#N)C(N)=O)cc2)c1. The highest BCUT2D eigenvalue weighted by atomic mass is 16.1. The molecule has 0 atom stereocenters. The summed E-state index contributed by atoms with van der Waals surface area (Å²) in [7, 11) is 0. The van der Waals surface area contributed by atoms with Gasteiger partial charge < -0.3 is 5.73 Å². The van der Waals surface area contributed by atoms with Gasteiger partial charge in [-0.25, -0.2) is 0 Å². The molecule has 0 aliphatic carbocycles. The Morgan fingerprint density at radius 1 is 1.09 bits per heavy atom. The summed E-state index contributed by atoms with van der Waals surface area (Å²) in [6, 6.07) is 16.1. The van der Waals surface area contributed by atoms with Gasteiger partial charge >= 0.3 is 0 Å². The summed E-state index contributed by atoms with van der Waals surface area (Å²) in [6.07, 6.45) is 2.36. The Labute approximate surface area is 130 Å². The molecule has 3 nitrogen and oxygen atoms in total. The van der Waals surface area contributed by atoms with Gasteiger partial charge in [-0.3, -0.25) is 4.79 Å². The van der Waals surface area contributed by atoms with E-state index in [1.54, 1.807) is 6.07 Å². The van der Waals surface area contributed by atoms with E-state index in [9.17, 15) is 4.79 Å². The molecule has 2 aromatic carbocycles. The molecule has 0 fully saturated rings. The molecule has 3 heteroatoms. The number of benzene rings is 2. The lowest BCUT2D eigenvalue weighted by molar-refractivity contribution is -0.114. The molecule has 0 bridgehead atoms. The maximum Gasteiger partial charge on any atom is 0.259 e. The van der Waals surface area contributed by atoms with Gasteiger partial charge in [-0.2, -0.15) is 5.26 Å². The first kappa shape index (κ1) is 15.5. The van der Waals surface area contributed by atoms with Gasteiger partial charge in [0.05, 0.1) is 0 Å². The Morgan fingerprint density at radius 2 is 1.68 bits per heavy atom. The van der Waals surface area contributed by atoms with Crippen molar-refractivity contribution in [2.75, 3.05) is 0 Å². The molecule has 0 aromatic heterocycles. The fourth-order valence-corrected chi connectivity index (χ4v) is 2.46. The van der Waals surface area contributed by atoms with E-state index >= 15 is 0 Å². The van der Waals surface area contributed by atoms with E-state index in [1.807, 2.05) is 24.3 Å². The Balaban J connectivity index is 2.19. The van der Waals surface area contributed by atoms with E-state index in [0.29, 0.717) is 0 Å². The summed E-state index contributed by atoms with van der Waals surface area (Å²) in [4.78, 5) is 11.0. The molecule has 0 aliphatic heterocycles. The predicted molar refractivity (Wildman–Crippen MR) is 87.9 cm³/mol. The number of hydrogen-bond donors (Lipinski definition) is 1. The monoisotopic (exact) mass is 290 g/mol. The van der Waals surface area contributed by atoms with Gasteiger partial charge in [0, 0.05) is 0 Å². The van der Waals surface area contributed by atoms with E-state index in [-0.39, 0.29) is 5.57 Å². The van der Waals surface area contributed by atoms with E-state index < -0.39 is 5.91 Å². The lowest BCUT2D eigenvalue weighted by atomic mass is 9.99. The second kappa shape index (κ2) is 6.73. The summed E-state index contributed by atoms with van der Waals surface area (Å²) in [5, 5.41) is 8.84. The highest BCUT2D eigenvalue weighted by Crippen LogP contribution is 2.15. The van der Waals surface area contributed by atoms with Gasteiger partial charge in [-0.15, -0.1) is 0 Å². The predicted octanol–water partition coefficient (Wildman–Crippen LogP) is 3.29. The molecule has 2 N–H and O–H groups in total. The number of amides is 1. The first-order valence-electron chi connectivity index (χ1n) is 7.05. The largest absolute Gasteiger partial charge is 0.365 e.